The van der Waals surface area contributed by atoms with Gasteiger partial charge in [-0.3, -0.25) is 9.78 Å². The van der Waals surface area contributed by atoms with Crippen molar-refractivity contribution in [2.75, 3.05) is 26.0 Å². The monoisotopic (exact) mass is 261 g/mol. The van der Waals surface area contributed by atoms with Crippen molar-refractivity contribution < 1.29 is 18.0 Å². The number of hydrogen-bond acceptors (Lipinski definition) is 3. The van der Waals surface area contributed by atoms with E-state index in [9.17, 15) is 18.0 Å². The molecule has 0 aliphatic carbocycles. The third-order valence-corrected chi connectivity index (χ3v) is 2.30. The van der Waals surface area contributed by atoms with Gasteiger partial charge in [-0.05, 0) is 13.0 Å². The number of anilines is 1. The Balaban J connectivity index is 2.96. The molecule has 0 radical (unpaired) electrons. The molecule has 0 aliphatic heterocycles. The largest absolute Gasteiger partial charge is 0.406 e. The number of aryl methyl sites for hydroxylation is 1. The first-order chi connectivity index (χ1) is 8.24. The van der Waals surface area contributed by atoms with Crippen molar-refractivity contribution in [3.05, 3.63) is 23.5 Å². The summed E-state index contributed by atoms with van der Waals surface area (Å²) in [6.45, 7) is 0.442. The lowest BCUT2D eigenvalue weighted by Crippen LogP contribution is -2.36. The molecule has 0 saturated carbocycles. The third kappa shape index (κ3) is 3.61. The van der Waals surface area contributed by atoms with Crippen LogP contribution in [0.5, 0.6) is 0 Å². The first-order valence-corrected chi connectivity index (χ1v) is 5.21. The van der Waals surface area contributed by atoms with Gasteiger partial charge in [0.05, 0.1) is 11.3 Å². The number of amides is 1. The molecule has 7 heteroatoms. The minimum absolute atomic E-state index is 0.120. The second kappa shape index (κ2) is 5.24. The molecule has 0 fully saturated rings. The Morgan fingerprint density at radius 1 is 1.50 bits per heavy atom. The Kier molecular flexibility index (Phi) is 4.15. The second-order valence-corrected chi connectivity index (χ2v) is 3.90. The predicted molar refractivity (Wildman–Crippen MR) is 61.5 cm³/mol. The lowest BCUT2D eigenvalue weighted by atomic mass is 10.2. The van der Waals surface area contributed by atoms with Crippen LogP contribution in [0.2, 0.25) is 0 Å². The van der Waals surface area contributed by atoms with Gasteiger partial charge in [-0.1, -0.05) is 0 Å². The van der Waals surface area contributed by atoms with Gasteiger partial charge in [0, 0.05) is 26.0 Å². The molecule has 0 atom stereocenters. The van der Waals surface area contributed by atoms with Crippen molar-refractivity contribution in [3.63, 3.8) is 0 Å². The standard InChI is InChI=1S/C11H14F3N3O/c1-7-4-9(15-2)8(5-16-7)10(18)17(3)6-11(12,13)14/h4-5H,6H2,1-3H3,(H,15,16). The molecule has 0 bridgehead atoms. The number of carbonyl (C=O) groups excluding carboxylic acids is 1. The molecule has 1 heterocycles. The van der Waals surface area contributed by atoms with Crippen molar-refractivity contribution in [3.8, 4) is 0 Å². The summed E-state index contributed by atoms with van der Waals surface area (Å²) in [6, 6.07) is 1.61. The first-order valence-electron chi connectivity index (χ1n) is 5.21. The number of hydrogen-bond donors (Lipinski definition) is 1. The number of aromatic nitrogens is 1. The van der Waals surface area contributed by atoms with E-state index in [2.05, 4.69) is 10.3 Å². The van der Waals surface area contributed by atoms with E-state index < -0.39 is 18.6 Å². The third-order valence-electron chi connectivity index (χ3n) is 2.30. The fourth-order valence-corrected chi connectivity index (χ4v) is 1.48. The molecule has 1 N–H and O–H groups in total. The molecule has 100 valence electrons. The highest BCUT2D eigenvalue weighted by molar-refractivity contribution is 5.99. The van der Waals surface area contributed by atoms with Gasteiger partial charge in [0.15, 0.2) is 0 Å². The van der Waals surface area contributed by atoms with Crippen molar-refractivity contribution in [1.82, 2.24) is 9.88 Å². The number of nitrogens with zero attached hydrogens (tertiary/aromatic N) is 2. The van der Waals surface area contributed by atoms with Crippen LogP contribution in [0, 0.1) is 6.92 Å². The second-order valence-electron chi connectivity index (χ2n) is 3.90. The molecule has 1 aromatic rings. The SMILES string of the molecule is CNc1cc(C)ncc1C(=O)N(C)CC(F)(F)F. The summed E-state index contributed by atoms with van der Waals surface area (Å²) in [4.78, 5) is 16.4. The Hall–Kier alpha value is -1.79. The number of rotatable bonds is 3. The Morgan fingerprint density at radius 3 is 2.61 bits per heavy atom. The average Bonchev–Trinajstić information content (AvgIpc) is 2.25. The highest BCUT2D eigenvalue weighted by atomic mass is 19.4. The van der Waals surface area contributed by atoms with E-state index in [0.717, 1.165) is 7.05 Å². The van der Waals surface area contributed by atoms with Crippen LogP contribution in [0.25, 0.3) is 0 Å². The molecular weight excluding hydrogens is 247 g/mol. The van der Waals surface area contributed by atoms with Crippen LogP contribution in [0.3, 0.4) is 0 Å². The molecule has 0 unspecified atom stereocenters. The fraction of sp³-hybridized carbons (Fsp3) is 0.455. The van der Waals surface area contributed by atoms with Gasteiger partial charge >= 0.3 is 6.18 Å². The lowest BCUT2D eigenvalue weighted by molar-refractivity contribution is -0.138. The minimum Gasteiger partial charge on any atom is -0.387 e. The Bertz CT molecular complexity index is 446. The maximum atomic E-state index is 12.2. The van der Waals surface area contributed by atoms with Crippen LogP contribution in [-0.2, 0) is 0 Å². The van der Waals surface area contributed by atoms with Crippen molar-refractivity contribution in [2.45, 2.75) is 13.1 Å². The number of nitrogens with one attached hydrogen (secondary N) is 1. The van der Waals surface area contributed by atoms with Gasteiger partial charge in [-0.15, -0.1) is 0 Å². The highest BCUT2D eigenvalue weighted by Gasteiger charge is 2.32. The van der Waals surface area contributed by atoms with Gasteiger partial charge in [-0.2, -0.15) is 13.2 Å². The van der Waals surface area contributed by atoms with Gasteiger partial charge in [0.1, 0.15) is 6.54 Å². The predicted octanol–water partition coefficient (Wildman–Crippen LogP) is 2.07. The molecule has 0 aromatic carbocycles. The number of pyridine rings is 1. The van der Waals surface area contributed by atoms with Crippen LogP contribution in [-0.4, -0.2) is 42.6 Å². The van der Waals surface area contributed by atoms with Crippen LogP contribution in [0.15, 0.2) is 12.3 Å². The van der Waals surface area contributed by atoms with E-state index >= 15 is 0 Å². The maximum Gasteiger partial charge on any atom is 0.406 e. The molecule has 4 nitrogen and oxygen atoms in total. The van der Waals surface area contributed by atoms with Crippen molar-refractivity contribution in [1.29, 1.82) is 0 Å². The summed E-state index contributed by atoms with van der Waals surface area (Å²) in [5.74, 6) is -0.718. The molecule has 1 aromatic heterocycles. The van der Waals surface area contributed by atoms with Crippen LogP contribution >= 0.6 is 0 Å². The van der Waals surface area contributed by atoms with Crippen LogP contribution < -0.4 is 5.32 Å². The summed E-state index contributed by atoms with van der Waals surface area (Å²) in [7, 11) is 2.70. The van der Waals surface area contributed by atoms with Crippen LogP contribution in [0.1, 0.15) is 16.1 Å². The van der Waals surface area contributed by atoms with E-state index in [0.29, 0.717) is 16.3 Å². The van der Waals surface area contributed by atoms with Gasteiger partial charge in [0.25, 0.3) is 5.91 Å². The smallest absolute Gasteiger partial charge is 0.387 e. The highest BCUT2D eigenvalue weighted by Crippen LogP contribution is 2.20. The zero-order valence-electron chi connectivity index (χ0n) is 10.3. The van der Waals surface area contributed by atoms with Gasteiger partial charge in [0.2, 0.25) is 0 Å². The zero-order chi connectivity index (χ0) is 13.9. The Morgan fingerprint density at radius 2 is 2.11 bits per heavy atom. The van der Waals surface area contributed by atoms with Gasteiger partial charge < -0.3 is 10.2 Å². The van der Waals surface area contributed by atoms with Crippen molar-refractivity contribution >= 4 is 11.6 Å². The Labute approximate surface area is 103 Å². The summed E-state index contributed by atoms with van der Waals surface area (Å²) in [5.41, 5.74) is 1.26. The molecule has 0 aliphatic rings. The maximum absolute atomic E-state index is 12.2. The quantitative estimate of drug-likeness (QED) is 0.906. The first kappa shape index (κ1) is 14.3. The number of halogens is 3. The summed E-state index contributed by atoms with van der Waals surface area (Å²) in [5, 5.41) is 2.77. The molecular formula is C11H14F3N3O. The van der Waals surface area contributed by atoms with Crippen molar-refractivity contribution in [2.24, 2.45) is 0 Å². The van der Waals surface area contributed by atoms with E-state index in [1.165, 1.54) is 6.20 Å². The number of alkyl halides is 3. The van der Waals surface area contributed by atoms with E-state index in [1.54, 1.807) is 20.0 Å². The molecule has 0 saturated heterocycles. The summed E-state index contributed by atoms with van der Waals surface area (Å²) in [6.07, 6.45) is -3.14. The average molecular weight is 261 g/mol. The molecule has 1 rings (SSSR count). The molecule has 1 amide bonds. The van der Waals surface area contributed by atoms with E-state index in [1.807, 2.05) is 0 Å². The topological polar surface area (TPSA) is 45.2 Å². The van der Waals surface area contributed by atoms with Crippen LogP contribution in [0.4, 0.5) is 18.9 Å². The zero-order valence-corrected chi connectivity index (χ0v) is 10.3. The van der Waals surface area contributed by atoms with E-state index in [-0.39, 0.29) is 5.56 Å². The fourth-order valence-electron chi connectivity index (χ4n) is 1.48. The normalized spacial score (nSPS) is 11.2. The van der Waals surface area contributed by atoms with Gasteiger partial charge in [-0.25, -0.2) is 0 Å². The number of carbonyl (C=O) groups is 1. The molecule has 18 heavy (non-hydrogen) atoms. The molecule has 0 spiro atoms. The van der Waals surface area contributed by atoms with E-state index in [4.69, 9.17) is 0 Å². The summed E-state index contributed by atoms with van der Waals surface area (Å²) >= 11 is 0. The minimum atomic E-state index is -4.41. The lowest BCUT2D eigenvalue weighted by Gasteiger charge is -2.20. The summed E-state index contributed by atoms with van der Waals surface area (Å²) < 4.78 is 36.6.